The van der Waals surface area contributed by atoms with Crippen LogP contribution in [-0.4, -0.2) is 15.9 Å². The number of aromatic nitrogens is 2. The summed E-state index contributed by atoms with van der Waals surface area (Å²) in [5, 5.41) is 3.50. The average Bonchev–Trinajstić information content (AvgIpc) is 2.31. The normalized spacial score (nSPS) is 10.1. The molecule has 0 aliphatic rings. The monoisotopic (exact) mass is 260 g/mol. The van der Waals surface area contributed by atoms with Crippen LogP contribution in [0.3, 0.4) is 0 Å². The van der Waals surface area contributed by atoms with Crippen LogP contribution in [0.1, 0.15) is 6.92 Å². The quantitative estimate of drug-likeness (QED) is 0.827. The highest BCUT2D eigenvalue weighted by Gasteiger charge is 2.01. The lowest BCUT2D eigenvalue weighted by Crippen LogP contribution is -2.05. The number of rotatable bonds is 3. The van der Waals surface area contributed by atoms with Crippen molar-refractivity contribution in [2.45, 2.75) is 16.8 Å². The van der Waals surface area contributed by atoms with Gasteiger partial charge in [0.25, 0.3) is 0 Å². The molecule has 2 rings (SSSR count). The van der Waals surface area contributed by atoms with Crippen molar-refractivity contribution in [3.8, 4) is 0 Å². The van der Waals surface area contributed by atoms with Gasteiger partial charge in [-0.3, -0.25) is 4.79 Å². The Kier molecular flexibility index (Phi) is 3.78. The number of nitrogens with one attached hydrogen (secondary N) is 1. The molecule has 0 saturated carbocycles. The molecule has 1 heterocycles. The van der Waals surface area contributed by atoms with Gasteiger partial charge in [-0.1, -0.05) is 11.8 Å². The third kappa shape index (κ3) is 3.46. The van der Waals surface area contributed by atoms with Gasteiger partial charge in [0.15, 0.2) is 0 Å². The van der Waals surface area contributed by atoms with E-state index in [2.05, 4.69) is 15.3 Å². The van der Waals surface area contributed by atoms with E-state index in [1.54, 1.807) is 6.07 Å². The van der Waals surface area contributed by atoms with Gasteiger partial charge >= 0.3 is 0 Å². The molecule has 0 aliphatic heterocycles. The molecule has 3 N–H and O–H groups in total. The largest absolute Gasteiger partial charge is 0.384 e. The second-order valence-corrected chi connectivity index (χ2v) is 4.68. The predicted molar refractivity (Wildman–Crippen MR) is 71.3 cm³/mol. The summed E-state index contributed by atoms with van der Waals surface area (Å²) in [6, 6.07) is 9.22. The highest BCUT2D eigenvalue weighted by atomic mass is 32.2. The van der Waals surface area contributed by atoms with E-state index in [4.69, 9.17) is 5.73 Å². The van der Waals surface area contributed by atoms with E-state index in [9.17, 15) is 4.79 Å². The highest BCUT2D eigenvalue weighted by molar-refractivity contribution is 7.99. The van der Waals surface area contributed by atoms with Crippen molar-refractivity contribution in [3.63, 3.8) is 0 Å². The topological polar surface area (TPSA) is 80.9 Å². The maximum absolute atomic E-state index is 10.9. The second-order valence-electron chi connectivity index (χ2n) is 3.59. The van der Waals surface area contributed by atoms with Gasteiger partial charge in [-0.2, -0.15) is 0 Å². The van der Waals surface area contributed by atoms with E-state index in [1.807, 2.05) is 24.3 Å². The molecule has 0 spiro atoms. The minimum absolute atomic E-state index is 0.0843. The Hall–Kier alpha value is -2.08. The number of nitrogens with two attached hydrogens (primary N) is 1. The summed E-state index contributed by atoms with van der Waals surface area (Å²) >= 11 is 1.49. The van der Waals surface area contributed by atoms with Crippen molar-refractivity contribution >= 4 is 29.2 Å². The fourth-order valence-corrected chi connectivity index (χ4v) is 2.13. The number of benzene rings is 1. The third-order valence-corrected chi connectivity index (χ3v) is 3.00. The van der Waals surface area contributed by atoms with E-state index in [0.29, 0.717) is 5.82 Å². The Balaban J connectivity index is 2.08. The van der Waals surface area contributed by atoms with Crippen molar-refractivity contribution in [3.05, 3.63) is 36.7 Å². The molecule has 6 heteroatoms. The van der Waals surface area contributed by atoms with Gasteiger partial charge in [0.1, 0.15) is 17.2 Å². The Morgan fingerprint density at radius 1 is 1.28 bits per heavy atom. The zero-order valence-electron chi connectivity index (χ0n) is 9.75. The summed E-state index contributed by atoms with van der Waals surface area (Å²) in [7, 11) is 0. The summed E-state index contributed by atoms with van der Waals surface area (Å²) < 4.78 is 0. The van der Waals surface area contributed by atoms with Gasteiger partial charge in [0, 0.05) is 23.6 Å². The molecule has 0 fully saturated rings. The van der Waals surface area contributed by atoms with Gasteiger partial charge in [-0.05, 0) is 24.3 Å². The standard InChI is InChI=1S/C12H12N4OS/c1-8(17)16-9-2-4-10(5-3-9)18-12-6-11(13)14-7-15-12/h2-7H,1H3,(H,16,17)(H2,13,14,15). The Bertz CT molecular complexity index is 556. The third-order valence-electron chi connectivity index (χ3n) is 2.06. The SMILES string of the molecule is CC(=O)Nc1ccc(Sc2cc(N)ncn2)cc1. The molecule has 18 heavy (non-hydrogen) atoms. The first-order valence-electron chi connectivity index (χ1n) is 5.26. The maximum atomic E-state index is 10.9. The molecule has 0 aliphatic carbocycles. The first-order chi connectivity index (χ1) is 8.63. The molecule has 1 amide bonds. The number of nitrogen functional groups attached to an aromatic ring is 1. The van der Waals surface area contributed by atoms with Crippen LogP contribution in [-0.2, 0) is 4.79 Å². The zero-order valence-corrected chi connectivity index (χ0v) is 10.6. The van der Waals surface area contributed by atoms with Gasteiger partial charge < -0.3 is 11.1 Å². The number of hydrogen-bond donors (Lipinski definition) is 2. The number of amides is 1. The summed E-state index contributed by atoms with van der Waals surface area (Å²) in [5.74, 6) is 0.362. The van der Waals surface area contributed by atoms with Gasteiger partial charge in [0.2, 0.25) is 5.91 Å². The first kappa shape index (κ1) is 12.4. The second kappa shape index (κ2) is 5.50. The molecule has 92 valence electrons. The van der Waals surface area contributed by atoms with E-state index in [-0.39, 0.29) is 5.91 Å². The van der Waals surface area contributed by atoms with E-state index >= 15 is 0 Å². The summed E-state index contributed by atoms with van der Waals surface area (Å²) in [5.41, 5.74) is 6.35. The predicted octanol–water partition coefficient (Wildman–Crippen LogP) is 2.17. The summed E-state index contributed by atoms with van der Waals surface area (Å²) in [6.07, 6.45) is 1.43. The van der Waals surface area contributed by atoms with Crippen LogP contribution >= 0.6 is 11.8 Å². The van der Waals surface area contributed by atoms with Crippen LogP contribution < -0.4 is 11.1 Å². The van der Waals surface area contributed by atoms with Crippen molar-refractivity contribution in [1.29, 1.82) is 0 Å². The molecule has 1 aromatic heterocycles. The zero-order chi connectivity index (χ0) is 13.0. The minimum Gasteiger partial charge on any atom is -0.384 e. The fourth-order valence-electron chi connectivity index (χ4n) is 1.34. The van der Waals surface area contributed by atoms with E-state index in [1.165, 1.54) is 25.0 Å². The van der Waals surface area contributed by atoms with Crippen molar-refractivity contribution in [1.82, 2.24) is 9.97 Å². The van der Waals surface area contributed by atoms with Crippen LogP contribution in [0.2, 0.25) is 0 Å². The van der Waals surface area contributed by atoms with E-state index < -0.39 is 0 Å². The number of hydrogen-bond acceptors (Lipinski definition) is 5. The van der Waals surface area contributed by atoms with Crippen LogP contribution in [0.5, 0.6) is 0 Å². The lowest BCUT2D eigenvalue weighted by Gasteiger charge is -2.04. The molecule has 0 bridgehead atoms. The molecule has 0 unspecified atom stereocenters. The molecule has 0 atom stereocenters. The number of carbonyl (C=O) groups excluding carboxylic acids is 1. The van der Waals surface area contributed by atoms with Crippen LogP contribution in [0, 0.1) is 0 Å². The summed E-state index contributed by atoms with van der Waals surface area (Å²) in [4.78, 5) is 19.8. The summed E-state index contributed by atoms with van der Waals surface area (Å²) in [6.45, 7) is 1.48. The Morgan fingerprint density at radius 2 is 2.00 bits per heavy atom. The van der Waals surface area contributed by atoms with E-state index in [0.717, 1.165) is 15.6 Å². The molecular formula is C12H12N4OS. The number of carbonyl (C=O) groups is 1. The van der Waals surface area contributed by atoms with Crippen molar-refractivity contribution < 1.29 is 4.79 Å². The first-order valence-corrected chi connectivity index (χ1v) is 6.08. The van der Waals surface area contributed by atoms with Crippen LogP contribution in [0.25, 0.3) is 0 Å². The van der Waals surface area contributed by atoms with Gasteiger partial charge in [0.05, 0.1) is 0 Å². The number of anilines is 2. The molecule has 1 aromatic carbocycles. The molecule has 0 saturated heterocycles. The van der Waals surface area contributed by atoms with Crippen LogP contribution in [0.15, 0.2) is 46.6 Å². The molecular weight excluding hydrogens is 248 g/mol. The average molecular weight is 260 g/mol. The smallest absolute Gasteiger partial charge is 0.221 e. The lowest BCUT2D eigenvalue weighted by atomic mass is 10.3. The Morgan fingerprint density at radius 3 is 2.61 bits per heavy atom. The van der Waals surface area contributed by atoms with Crippen LogP contribution in [0.4, 0.5) is 11.5 Å². The number of nitrogens with zero attached hydrogens (tertiary/aromatic N) is 2. The minimum atomic E-state index is -0.0843. The lowest BCUT2D eigenvalue weighted by molar-refractivity contribution is -0.114. The Labute approximate surface area is 109 Å². The molecule has 2 aromatic rings. The highest BCUT2D eigenvalue weighted by Crippen LogP contribution is 2.27. The van der Waals surface area contributed by atoms with Gasteiger partial charge in [-0.15, -0.1) is 0 Å². The molecule has 0 radical (unpaired) electrons. The van der Waals surface area contributed by atoms with Crippen molar-refractivity contribution in [2.24, 2.45) is 0 Å². The molecule has 5 nitrogen and oxygen atoms in total. The van der Waals surface area contributed by atoms with Gasteiger partial charge in [-0.25, -0.2) is 9.97 Å². The van der Waals surface area contributed by atoms with Crippen molar-refractivity contribution in [2.75, 3.05) is 11.1 Å². The maximum Gasteiger partial charge on any atom is 0.221 e. The fraction of sp³-hybridized carbons (Fsp3) is 0.0833.